The molecule has 4 rings (SSSR count). The third-order valence-electron chi connectivity index (χ3n) is 7.52. The van der Waals surface area contributed by atoms with Gasteiger partial charge < -0.3 is 14.5 Å². The first-order valence-electron chi connectivity index (χ1n) is 11.6. The van der Waals surface area contributed by atoms with Crippen LogP contribution in [0.1, 0.15) is 52.1 Å². The van der Waals surface area contributed by atoms with Gasteiger partial charge in [-0.15, -0.1) is 0 Å². The van der Waals surface area contributed by atoms with Crippen molar-refractivity contribution in [2.75, 3.05) is 26.2 Å². The molecule has 3 aliphatic rings. The predicted molar refractivity (Wildman–Crippen MR) is 122 cm³/mol. The highest BCUT2D eigenvalue weighted by atomic mass is 35.5. The van der Waals surface area contributed by atoms with E-state index in [1.54, 1.807) is 0 Å². The normalized spacial score (nSPS) is 30.5. The number of hydrogen-bond donors (Lipinski definition) is 0. The third kappa shape index (κ3) is 4.03. The molecule has 168 valence electrons. The molecule has 0 aromatic heterocycles. The average Bonchev–Trinajstić information content (AvgIpc) is 3.03. The number of amides is 1. The van der Waals surface area contributed by atoms with Crippen LogP contribution in [0.4, 0.5) is 0 Å². The lowest BCUT2D eigenvalue weighted by Crippen LogP contribution is -2.43. The summed E-state index contributed by atoms with van der Waals surface area (Å²) in [6, 6.07) is 7.08. The Morgan fingerprint density at radius 1 is 1.13 bits per heavy atom. The first-order valence-corrected chi connectivity index (χ1v) is 12.0. The van der Waals surface area contributed by atoms with Gasteiger partial charge in [-0.25, -0.2) is 0 Å². The Kier molecular flexibility index (Phi) is 6.45. The zero-order valence-electron chi connectivity index (χ0n) is 18.9. The average molecular weight is 445 g/mol. The molecule has 1 aliphatic carbocycles. The largest absolute Gasteiger partial charge is 0.483 e. The number of likely N-dealkylation sites (N-methyl/N-ethyl adjacent to an activating group) is 1. The number of carbonyl (C=O) groups excluding carboxylic acids is 2. The molecule has 5 nitrogen and oxygen atoms in total. The number of rotatable bonds is 6. The maximum Gasteiger partial charge on any atom is 0.290 e. The Balaban J connectivity index is 1.72. The lowest BCUT2D eigenvalue weighted by atomic mass is 9.70. The van der Waals surface area contributed by atoms with E-state index in [-0.39, 0.29) is 29.5 Å². The smallest absolute Gasteiger partial charge is 0.290 e. The van der Waals surface area contributed by atoms with E-state index in [4.69, 9.17) is 16.3 Å². The monoisotopic (exact) mass is 444 g/mol. The third-order valence-corrected chi connectivity index (χ3v) is 7.76. The fourth-order valence-electron chi connectivity index (χ4n) is 5.35. The summed E-state index contributed by atoms with van der Waals surface area (Å²) in [6.45, 7) is 11.8. The van der Waals surface area contributed by atoms with Gasteiger partial charge in [0.2, 0.25) is 0 Å². The van der Waals surface area contributed by atoms with Crippen LogP contribution in [0.25, 0.3) is 0 Å². The lowest BCUT2D eigenvalue weighted by molar-refractivity contribution is -0.137. The summed E-state index contributed by atoms with van der Waals surface area (Å²) in [5.41, 5.74) is 1.41. The van der Waals surface area contributed by atoms with E-state index in [9.17, 15) is 9.59 Å². The number of Topliss-reactive ketones (excluding diaryl/α,β-unsaturated/α-hetero) is 1. The summed E-state index contributed by atoms with van der Waals surface area (Å²) in [5.74, 6) is 0.991. The number of benzene rings is 1. The first-order chi connectivity index (χ1) is 14.8. The predicted octanol–water partition coefficient (Wildman–Crippen LogP) is 4.47. The fourth-order valence-corrected chi connectivity index (χ4v) is 5.55. The fraction of sp³-hybridized carbons (Fsp3) is 0.600. The molecular weight excluding hydrogens is 412 g/mol. The van der Waals surface area contributed by atoms with Crippen LogP contribution in [-0.4, -0.2) is 53.8 Å². The molecule has 1 saturated carbocycles. The summed E-state index contributed by atoms with van der Waals surface area (Å²) < 4.78 is 6.31. The van der Waals surface area contributed by atoms with Gasteiger partial charge in [0.25, 0.3) is 5.91 Å². The second-order valence-corrected chi connectivity index (χ2v) is 9.72. The van der Waals surface area contributed by atoms with Gasteiger partial charge in [-0.2, -0.15) is 0 Å². The lowest BCUT2D eigenvalue weighted by Gasteiger charge is -2.40. The topological polar surface area (TPSA) is 49.9 Å². The van der Waals surface area contributed by atoms with Crippen LogP contribution >= 0.6 is 11.6 Å². The summed E-state index contributed by atoms with van der Waals surface area (Å²) in [5, 5.41) is 0.602. The Morgan fingerprint density at radius 2 is 1.84 bits per heavy atom. The zero-order valence-corrected chi connectivity index (χ0v) is 19.7. The maximum atomic E-state index is 13.7. The molecule has 5 unspecified atom stereocenters. The van der Waals surface area contributed by atoms with Crippen LogP contribution < -0.4 is 0 Å². The molecule has 2 heterocycles. The molecule has 0 N–H and O–H groups in total. The van der Waals surface area contributed by atoms with Gasteiger partial charge in [0.1, 0.15) is 6.10 Å². The van der Waals surface area contributed by atoms with Crippen molar-refractivity contribution in [2.24, 2.45) is 17.8 Å². The highest BCUT2D eigenvalue weighted by Crippen LogP contribution is 2.48. The van der Waals surface area contributed by atoms with Crippen LogP contribution in [0, 0.1) is 17.8 Å². The number of halogens is 1. The Morgan fingerprint density at radius 3 is 2.52 bits per heavy atom. The minimum Gasteiger partial charge on any atom is -0.483 e. The van der Waals surface area contributed by atoms with Crippen LogP contribution in [0.2, 0.25) is 5.02 Å². The second-order valence-electron chi connectivity index (χ2n) is 9.28. The molecule has 0 radical (unpaired) electrons. The molecule has 5 atom stereocenters. The highest BCUT2D eigenvalue weighted by molar-refractivity contribution is 6.30. The molecule has 1 aromatic carbocycles. The number of nitrogens with zero attached hydrogens (tertiary/aromatic N) is 2. The molecule has 0 saturated heterocycles. The Hall–Kier alpha value is -1.85. The molecule has 1 aromatic rings. The second kappa shape index (κ2) is 8.95. The summed E-state index contributed by atoms with van der Waals surface area (Å²) in [4.78, 5) is 31.3. The first kappa shape index (κ1) is 22.3. The minimum atomic E-state index is -0.431. The summed E-state index contributed by atoms with van der Waals surface area (Å²) >= 11 is 6.29. The highest BCUT2D eigenvalue weighted by Gasteiger charge is 2.53. The zero-order chi connectivity index (χ0) is 22.3. The van der Waals surface area contributed by atoms with Crippen molar-refractivity contribution in [3.63, 3.8) is 0 Å². The van der Waals surface area contributed by atoms with E-state index in [2.05, 4.69) is 32.6 Å². The van der Waals surface area contributed by atoms with Crippen molar-refractivity contribution in [3.05, 3.63) is 46.2 Å². The van der Waals surface area contributed by atoms with Gasteiger partial charge in [0.15, 0.2) is 11.5 Å². The maximum absolute atomic E-state index is 13.7. The van der Waals surface area contributed by atoms with Gasteiger partial charge in [-0.1, -0.05) is 51.4 Å². The van der Waals surface area contributed by atoms with Gasteiger partial charge in [-0.3, -0.25) is 9.59 Å². The van der Waals surface area contributed by atoms with E-state index in [1.165, 1.54) is 0 Å². The van der Waals surface area contributed by atoms with Crippen molar-refractivity contribution in [1.29, 1.82) is 0 Å². The SMILES string of the molecule is CCN(CC)CCN1C(=O)C2=C(C(=O)C3CC(C)C(C)CC3O2)C1c1cccc(Cl)c1. The number of fused-ring (bicyclic) bond motifs is 1. The molecule has 1 amide bonds. The van der Waals surface area contributed by atoms with Gasteiger partial charge in [-0.05, 0) is 55.5 Å². The summed E-state index contributed by atoms with van der Waals surface area (Å²) in [7, 11) is 0. The molecule has 2 aliphatic heterocycles. The minimum absolute atomic E-state index is 0.0914. The van der Waals surface area contributed by atoms with Gasteiger partial charge in [0, 0.05) is 18.1 Å². The molecule has 1 fully saturated rings. The molecule has 31 heavy (non-hydrogen) atoms. The van der Waals surface area contributed by atoms with Gasteiger partial charge >= 0.3 is 0 Å². The van der Waals surface area contributed by atoms with Crippen molar-refractivity contribution in [3.8, 4) is 0 Å². The van der Waals surface area contributed by atoms with Crippen LogP contribution in [0.15, 0.2) is 35.6 Å². The Bertz CT molecular complexity index is 895. The van der Waals surface area contributed by atoms with E-state index in [1.807, 2.05) is 29.2 Å². The molecule has 0 bridgehead atoms. The number of ketones is 1. The quantitative estimate of drug-likeness (QED) is 0.649. The van der Waals surface area contributed by atoms with E-state index < -0.39 is 6.04 Å². The van der Waals surface area contributed by atoms with Crippen molar-refractivity contribution < 1.29 is 14.3 Å². The molecular formula is C25H33ClN2O3. The van der Waals surface area contributed by atoms with Crippen LogP contribution in [0.5, 0.6) is 0 Å². The van der Waals surface area contributed by atoms with E-state index >= 15 is 0 Å². The molecule has 0 spiro atoms. The van der Waals surface area contributed by atoms with E-state index in [0.29, 0.717) is 29.0 Å². The van der Waals surface area contributed by atoms with Crippen LogP contribution in [0.3, 0.4) is 0 Å². The Labute approximate surface area is 190 Å². The van der Waals surface area contributed by atoms with Crippen LogP contribution in [-0.2, 0) is 14.3 Å². The standard InChI is InChI=1S/C25H33ClN2O3/c1-5-27(6-2)10-11-28-22(17-8-7-9-18(26)14-17)21-23(29)19-12-15(3)16(4)13-20(19)31-24(21)25(28)30/h7-9,14-16,19-20,22H,5-6,10-13H2,1-4H3. The van der Waals surface area contributed by atoms with Crippen molar-refractivity contribution in [2.45, 2.75) is 52.7 Å². The number of carbonyl (C=O) groups is 2. The molecule has 6 heteroatoms. The summed E-state index contributed by atoms with van der Waals surface area (Å²) in [6.07, 6.45) is 1.45. The number of ether oxygens (including phenoxy) is 1. The van der Waals surface area contributed by atoms with E-state index in [0.717, 1.165) is 38.0 Å². The van der Waals surface area contributed by atoms with Gasteiger partial charge in [0.05, 0.1) is 17.5 Å². The van der Waals surface area contributed by atoms with Crippen molar-refractivity contribution in [1.82, 2.24) is 9.80 Å². The number of hydrogen-bond acceptors (Lipinski definition) is 4. The van der Waals surface area contributed by atoms with Crippen molar-refractivity contribution >= 4 is 23.3 Å².